The van der Waals surface area contributed by atoms with Crippen LogP contribution in [0.25, 0.3) is 0 Å². The first kappa shape index (κ1) is 12.7. The first-order valence-corrected chi connectivity index (χ1v) is 4.98. The highest BCUT2D eigenvalue weighted by atomic mass is 15.1. The Hall–Kier alpha value is -0.340. The van der Waals surface area contributed by atoms with Crippen LogP contribution in [-0.4, -0.2) is 38.1 Å². The van der Waals surface area contributed by atoms with Crippen molar-refractivity contribution in [1.82, 2.24) is 10.2 Å². The van der Waals surface area contributed by atoms with Gasteiger partial charge in [-0.1, -0.05) is 26.0 Å². The molecule has 0 spiro atoms. The normalized spacial score (nSPS) is 13.8. The predicted octanol–water partition coefficient (Wildman–Crippen LogP) is 1.74. The molecule has 0 aliphatic heterocycles. The van der Waals surface area contributed by atoms with Crippen LogP contribution in [-0.2, 0) is 0 Å². The standard InChI is InChI=1S/C11H24N2/c1-9(2)8-13(6)11(7-12-5)10(3)4/h10-12H,1,7-8H2,2-6H3. The minimum Gasteiger partial charge on any atom is -0.318 e. The third-order valence-electron chi connectivity index (χ3n) is 2.27. The van der Waals surface area contributed by atoms with Crippen molar-refractivity contribution in [2.24, 2.45) is 5.92 Å². The molecule has 0 aromatic heterocycles. The zero-order valence-electron chi connectivity index (χ0n) is 9.72. The Morgan fingerprint density at radius 2 is 2.00 bits per heavy atom. The average molecular weight is 184 g/mol. The van der Waals surface area contributed by atoms with Crippen molar-refractivity contribution in [1.29, 1.82) is 0 Å². The number of likely N-dealkylation sites (N-methyl/N-ethyl adjacent to an activating group) is 2. The summed E-state index contributed by atoms with van der Waals surface area (Å²) >= 11 is 0. The summed E-state index contributed by atoms with van der Waals surface area (Å²) in [5.41, 5.74) is 1.23. The van der Waals surface area contributed by atoms with Gasteiger partial charge in [0.15, 0.2) is 0 Å². The van der Waals surface area contributed by atoms with E-state index in [0.29, 0.717) is 12.0 Å². The molecule has 0 rings (SSSR count). The van der Waals surface area contributed by atoms with Gasteiger partial charge < -0.3 is 5.32 Å². The fourth-order valence-electron chi connectivity index (χ4n) is 1.65. The SMILES string of the molecule is C=C(C)CN(C)C(CNC)C(C)C. The van der Waals surface area contributed by atoms with E-state index in [4.69, 9.17) is 0 Å². The molecule has 0 bridgehead atoms. The summed E-state index contributed by atoms with van der Waals surface area (Å²) in [5, 5.41) is 3.23. The molecule has 0 aromatic carbocycles. The fraction of sp³-hybridized carbons (Fsp3) is 0.818. The Morgan fingerprint density at radius 3 is 2.31 bits per heavy atom. The summed E-state index contributed by atoms with van der Waals surface area (Å²) in [6.45, 7) is 12.6. The first-order chi connectivity index (χ1) is 5.99. The van der Waals surface area contributed by atoms with E-state index in [-0.39, 0.29) is 0 Å². The molecular formula is C11H24N2. The second-order valence-electron chi connectivity index (χ2n) is 4.24. The molecule has 0 saturated carbocycles. The maximum absolute atomic E-state index is 3.93. The van der Waals surface area contributed by atoms with Crippen LogP contribution in [0.15, 0.2) is 12.2 Å². The van der Waals surface area contributed by atoms with Gasteiger partial charge in [-0.3, -0.25) is 4.90 Å². The van der Waals surface area contributed by atoms with Gasteiger partial charge in [0.05, 0.1) is 0 Å². The maximum atomic E-state index is 3.93. The van der Waals surface area contributed by atoms with Gasteiger partial charge in [0.2, 0.25) is 0 Å². The van der Waals surface area contributed by atoms with Crippen LogP contribution in [0.5, 0.6) is 0 Å². The van der Waals surface area contributed by atoms with Gasteiger partial charge in [-0.15, -0.1) is 0 Å². The van der Waals surface area contributed by atoms with Crippen molar-refractivity contribution in [3.8, 4) is 0 Å². The third-order valence-corrected chi connectivity index (χ3v) is 2.27. The van der Waals surface area contributed by atoms with Gasteiger partial charge in [-0.05, 0) is 26.9 Å². The number of hydrogen-bond acceptors (Lipinski definition) is 2. The molecule has 0 heterocycles. The van der Waals surface area contributed by atoms with Crippen LogP contribution >= 0.6 is 0 Å². The second kappa shape index (κ2) is 6.17. The second-order valence-corrected chi connectivity index (χ2v) is 4.24. The smallest absolute Gasteiger partial charge is 0.0243 e. The molecule has 0 fully saturated rings. The van der Waals surface area contributed by atoms with E-state index in [1.165, 1.54) is 5.57 Å². The van der Waals surface area contributed by atoms with Crippen LogP contribution in [0.3, 0.4) is 0 Å². The summed E-state index contributed by atoms with van der Waals surface area (Å²) in [6.07, 6.45) is 0. The van der Waals surface area contributed by atoms with Crippen molar-refractivity contribution in [3.05, 3.63) is 12.2 Å². The molecule has 1 unspecified atom stereocenters. The van der Waals surface area contributed by atoms with Crippen molar-refractivity contribution < 1.29 is 0 Å². The Morgan fingerprint density at radius 1 is 1.46 bits per heavy atom. The average Bonchev–Trinajstić information content (AvgIpc) is 1.97. The third kappa shape index (κ3) is 5.06. The molecule has 0 saturated heterocycles. The number of nitrogens with one attached hydrogen (secondary N) is 1. The summed E-state index contributed by atoms with van der Waals surface area (Å²) in [5.74, 6) is 0.678. The molecule has 0 radical (unpaired) electrons. The lowest BCUT2D eigenvalue weighted by molar-refractivity contribution is 0.204. The van der Waals surface area contributed by atoms with Gasteiger partial charge in [-0.25, -0.2) is 0 Å². The van der Waals surface area contributed by atoms with E-state index >= 15 is 0 Å². The zero-order chi connectivity index (χ0) is 10.4. The van der Waals surface area contributed by atoms with E-state index in [2.05, 4.69) is 44.6 Å². The van der Waals surface area contributed by atoms with Gasteiger partial charge in [0, 0.05) is 19.1 Å². The van der Waals surface area contributed by atoms with E-state index in [1.807, 2.05) is 7.05 Å². The molecule has 1 atom stereocenters. The topological polar surface area (TPSA) is 15.3 Å². The molecule has 2 nitrogen and oxygen atoms in total. The lowest BCUT2D eigenvalue weighted by atomic mass is 10.0. The van der Waals surface area contributed by atoms with Crippen molar-refractivity contribution in [2.45, 2.75) is 26.8 Å². The van der Waals surface area contributed by atoms with Crippen molar-refractivity contribution in [2.75, 3.05) is 27.2 Å². The van der Waals surface area contributed by atoms with E-state index in [1.54, 1.807) is 0 Å². The van der Waals surface area contributed by atoms with Crippen molar-refractivity contribution >= 4 is 0 Å². The number of nitrogens with zero attached hydrogens (tertiary/aromatic N) is 1. The zero-order valence-corrected chi connectivity index (χ0v) is 9.72. The monoisotopic (exact) mass is 184 g/mol. The number of rotatable bonds is 6. The molecule has 13 heavy (non-hydrogen) atoms. The minimum atomic E-state index is 0.599. The first-order valence-electron chi connectivity index (χ1n) is 4.98. The quantitative estimate of drug-likeness (QED) is 0.633. The molecule has 2 heteroatoms. The molecule has 0 amide bonds. The molecular weight excluding hydrogens is 160 g/mol. The van der Waals surface area contributed by atoms with Crippen molar-refractivity contribution in [3.63, 3.8) is 0 Å². The van der Waals surface area contributed by atoms with Gasteiger partial charge in [0.25, 0.3) is 0 Å². The van der Waals surface area contributed by atoms with E-state index < -0.39 is 0 Å². The van der Waals surface area contributed by atoms with Crippen LogP contribution in [0.1, 0.15) is 20.8 Å². The van der Waals surface area contributed by atoms with E-state index in [0.717, 1.165) is 13.1 Å². The Balaban J connectivity index is 4.10. The Labute approximate surface area is 83.0 Å². The molecule has 0 aliphatic rings. The summed E-state index contributed by atoms with van der Waals surface area (Å²) in [6, 6.07) is 0.599. The van der Waals surface area contributed by atoms with Gasteiger partial charge in [0.1, 0.15) is 0 Å². The molecule has 78 valence electrons. The largest absolute Gasteiger partial charge is 0.318 e. The summed E-state index contributed by atoms with van der Waals surface area (Å²) in [4.78, 5) is 2.36. The highest BCUT2D eigenvalue weighted by Gasteiger charge is 2.17. The highest BCUT2D eigenvalue weighted by Crippen LogP contribution is 2.09. The van der Waals surface area contributed by atoms with Crippen LogP contribution < -0.4 is 5.32 Å². The maximum Gasteiger partial charge on any atom is 0.0243 e. The fourth-order valence-corrected chi connectivity index (χ4v) is 1.65. The van der Waals surface area contributed by atoms with Gasteiger partial charge in [-0.2, -0.15) is 0 Å². The lowest BCUT2D eigenvalue weighted by Gasteiger charge is -2.31. The molecule has 1 N–H and O–H groups in total. The van der Waals surface area contributed by atoms with Crippen LogP contribution in [0.2, 0.25) is 0 Å². The predicted molar refractivity (Wildman–Crippen MR) is 60.0 cm³/mol. The molecule has 0 aromatic rings. The summed E-state index contributed by atoms with van der Waals surface area (Å²) in [7, 11) is 4.17. The lowest BCUT2D eigenvalue weighted by Crippen LogP contribution is -2.43. The van der Waals surface area contributed by atoms with Crippen LogP contribution in [0, 0.1) is 5.92 Å². The molecule has 0 aliphatic carbocycles. The van der Waals surface area contributed by atoms with Crippen LogP contribution in [0.4, 0.5) is 0 Å². The highest BCUT2D eigenvalue weighted by molar-refractivity contribution is 4.93. The summed E-state index contributed by atoms with van der Waals surface area (Å²) < 4.78 is 0. The van der Waals surface area contributed by atoms with Gasteiger partial charge >= 0.3 is 0 Å². The Bertz CT molecular complexity index is 152. The minimum absolute atomic E-state index is 0.599. The number of hydrogen-bond donors (Lipinski definition) is 1. The Kier molecular flexibility index (Phi) is 6.00. The van der Waals surface area contributed by atoms with E-state index in [9.17, 15) is 0 Å².